The highest BCUT2D eigenvalue weighted by Gasteiger charge is 2.51. The van der Waals surface area contributed by atoms with Crippen molar-refractivity contribution < 1.29 is 60.5 Å². The van der Waals surface area contributed by atoms with Crippen molar-refractivity contribution in [2.75, 3.05) is 49.4 Å². The Bertz CT molecular complexity index is 2560. The number of aromatic nitrogens is 1. The van der Waals surface area contributed by atoms with Gasteiger partial charge in [-0.25, -0.2) is 0 Å². The molecule has 2 fully saturated rings. The third-order valence-electron chi connectivity index (χ3n) is 11.7. The van der Waals surface area contributed by atoms with Crippen molar-refractivity contribution in [2.24, 2.45) is 5.41 Å². The number of aliphatic hydroxyl groups is 1. The molecule has 2 aliphatic heterocycles. The summed E-state index contributed by atoms with van der Waals surface area (Å²) in [6, 6.07) is 16.1. The highest BCUT2D eigenvalue weighted by molar-refractivity contribution is 7.81. The van der Waals surface area contributed by atoms with Gasteiger partial charge in [0, 0.05) is 50.6 Å². The molecule has 21 heteroatoms. The molecule has 0 unspecified atom stereocenters. The molecular formula is C49H55F4N7O9S. The minimum absolute atomic E-state index is 0.00262. The maximum Gasteiger partial charge on any atom is 0.417 e. The van der Waals surface area contributed by atoms with Crippen molar-refractivity contribution in [1.29, 1.82) is 5.26 Å². The summed E-state index contributed by atoms with van der Waals surface area (Å²) in [4.78, 5) is 61.1. The monoisotopic (exact) mass is 993 g/mol. The first kappa shape index (κ1) is 52.9. The largest absolute Gasteiger partial charge is 0.494 e. The van der Waals surface area contributed by atoms with Crippen LogP contribution in [0.3, 0.4) is 0 Å². The predicted octanol–water partition coefficient (Wildman–Crippen LogP) is 6.68. The predicted molar refractivity (Wildman–Crippen MR) is 251 cm³/mol. The van der Waals surface area contributed by atoms with Crippen molar-refractivity contribution in [3.8, 4) is 23.1 Å². The third-order valence-corrected chi connectivity index (χ3v) is 12.1. The second-order valence-corrected chi connectivity index (χ2v) is 18.7. The molecule has 4 amide bonds. The van der Waals surface area contributed by atoms with E-state index in [0.29, 0.717) is 61.6 Å². The summed E-state index contributed by atoms with van der Waals surface area (Å²) in [5.41, 5.74) is -2.09. The molecule has 4 aromatic rings. The number of halogens is 4. The van der Waals surface area contributed by atoms with Gasteiger partial charge in [-0.15, -0.1) is 0 Å². The fraction of sp³-hybridized carbons (Fsp3) is 0.449. The van der Waals surface area contributed by atoms with Crippen LogP contribution in [0, 0.1) is 22.7 Å². The fourth-order valence-corrected chi connectivity index (χ4v) is 8.52. The standard InChI is InChI=1S/C49H55F4N7O9S/c1-47(2,3)41(44(64)58-27-35(61)24-38(58)43(63)55-26-30-9-11-31(12-10-30)40-42(50)56-29-69-40)57-39(62)28-67-21-8-20-66-19-6-7-22-68-36-17-15-33(16-18-36)60-46(70)59(45(65)48(60,4)5)34-14-13-32(25-54)37(23-34)49(51,52)53/h9-18,23,29,35,38,41,61H,6-8,19-22,24,26-28H2,1-5H3,(H,55,63)(H,57,62)/t35-,38+,41-/m1/s1. The molecule has 374 valence electrons. The lowest BCUT2D eigenvalue weighted by atomic mass is 9.85. The summed E-state index contributed by atoms with van der Waals surface area (Å²) in [5.74, 6) is -2.21. The number of β-amino-alcohol motifs (C(OH)–C–C–N with tert-alkyl or cyclic N) is 1. The molecule has 2 aliphatic rings. The summed E-state index contributed by atoms with van der Waals surface area (Å²) < 4.78 is 77.1. The molecule has 16 nitrogen and oxygen atoms in total. The fourth-order valence-electron chi connectivity index (χ4n) is 8.00. The maximum atomic E-state index is 13.9. The van der Waals surface area contributed by atoms with E-state index in [1.807, 2.05) is 0 Å². The van der Waals surface area contributed by atoms with Crippen LogP contribution in [0.15, 0.2) is 77.5 Å². The van der Waals surface area contributed by atoms with Gasteiger partial charge in [-0.3, -0.25) is 24.1 Å². The Morgan fingerprint density at radius 3 is 2.27 bits per heavy atom. The van der Waals surface area contributed by atoms with Crippen LogP contribution in [0.1, 0.15) is 77.0 Å². The number of oxazole rings is 1. The second kappa shape index (κ2) is 22.5. The number of hydrogen-bond acceptors (Lipinski definition) is 12. The zero-order valence-corrected chi connectivity index (χ0v) is 40.1. The molecule has 3 N–H and O–H groups in total. The van der Waals surface area contributed by atoms with Gasteiger partial charge in [-0.05, 0) is 98.8 Å². The first-order valence-corrected chi connectivity index (χ1v) is 22.9. The number of benzene rings is 3. The van der Waals surface area contributed by atoms with Gasteiger partial charge in [0.05, 0.1) is 35.6 Å². The molecule has 1 aromatic heterocycles. The van der Waals surface area contributed by atoms with E-state index in [1.54, 1.807) is 88.0 Å². The molecule has 0 aliphatic carbocycles. The van der Waals surface area contributed by atoms with E-state index in [4.69, 9.17) is 30.8 Å². The van der Waals surface area contributed by atoms with E-state index in [-0.39, 0.29) is 49.3 Å². The molecule has 0 bridgehead atoms. The van der Waals surface area contributed by atoms with E-state index in [9.17, 15) is 47.1 Å². The first-order valence-electron chi connectivity index (χ1n) is 22.5. The number of nitrogens with one attached hydrogen (secondary N) is 2. The molecule has 3 atom stereocenters. The van der Waals surface area contributed by atoms with Gasteiger partial charge < -0.3 is 44.2 Å². The van der Waals surface area contributed by atoms with Gasteiger partial charge in [0.1, 0.15) is 30.0 Å². The van der Waals surface area contributed by atoms with Crippen molar-refractivity contribution in [3.05, 3.63) is 95.8 Å². The van der Waals surface area contributed by atoms with E-state index >= 15 is 0 Å². The van der Waals surface area contributed by atoms with E-state index in [1.165, 1.54) is 17.0 Å². The Balaban J connectivity index is 0.867. The minimum atomic E-state index is -4.81. The van der Waals surface area contributed by atoms with Crippen LogP contribution in [0.4, 0.5) is 28.9 Å². The molecule has 6 rings (SSSR count). The number of carbonyl (C=O) groups is 4. The number of alkyl halides is 3. The summed E-state index contributed by atoms with van der Waals surface area (Å²) in [6.45, 7) is 9.75. The van der Waals surface area contributed by atoms with Crippen molar-refractivity contribution in [1.82, 2.24) is 20.5 Å². The summed E-state index contributed by atoms with van der Waals surface area (Å²) in [7, 11) is 0. The van der Waals surface area contributed by atoms with Gasteiger partial charge >= 0.3 is 6.18 Å². The van der Waals surface area contributed by atoms with Crippen molar-refractivity contribution >= 4 is 52.3 Å². The van der Waals surface area contributed by atoms with Crippen LogP contribution in [0.5, 0.6) is 5.75 Å². The van der Waals surface area contributed by atoms with Crippen molar-refractivity contribution in [3.63, 3.8) is 0 Å². The van der Waals surface area contributed by atoms with Crippen LogP contribution in [-0.2, 0) is 41.4 Å². The average Bonchev–Trinajstić information content (AvgIpc) is 3.98. The number of anilines is 2. The van der Waals surface area contributed by atoms with Crippen LogP contribution in [0.2, 0.25) is 0 Å². The minimum Gasteiger partial charge on any atom is -0.494 e. The number of nitriles is 1. The number of carbonyl (C=O) groups excluding carboxylic acids is 4. The van der Waals surface area contributed by atoms with Crippen molar-refractivity contribution in [2.45, 2.75) is 96.7 Å². The number of likely N-dealkylation sites (tertiary alicyclic amines) is 1. The number of rotatable bonds is 20. The molecular weight excluding hydrogens is 939 g/mol. The van der Waals surface area contributed by atoms with Gasteiger partial charge in [0.2, 0.25) is 17.7 Å². The Morgan fingerprint density at radius 1 is 0.971 bits per heavy atom. The number of amides is 4. The maximum absolute atomic E-state index is 13.9. The topological polar surface area (TPSA) is 200 Å². The molecule has 3 aromatic carbocycles. The number of unbranched alkanes of at least 4 members (excludes halogenated alkanes) is 1. The lowest BCUT2D eigenvalue weighted by Crippen LogP contribution is -2.58. The van der Waals surface area contributed by atoms with Crippen LogP contribution in [-0.4, -0.2) is 107 Å². The highest BCUT2D eigenvalue weighted by atomic mass is 32.1. The Morgan fingerprint density at radius 2 is 1.63 bits per heavy atom. The number of ether oxygens (including phenoxy) is 3. The zero-order chi connectivity index (χ0) is 51.0. The number of thiocarbonyl (C=S) groups is 1. The highest BCUT2D eigenvalue weighted by Crippen LogP contribution is 2.40. The SMILES string of the molecule is CC(C)(C)[C@H](NC(=O)COCCCOCCCCOc1ccc(N2C(=S)N(c3ccc(C#N)c(C(F)(F)F)c3)C(=O)C2(C)C)cc1)C(=O)N1C[C@H](O)C[C@H]1C(=O)NCc1ccc(-c2ocnc2F)cc1. The Hall–Kier alpha value is -6.47. The van der Waals surface area contributed by atoms with Crippen LogP contribution in [0.25, 0.3) is 11.3 Å². The molecule has 0 radical (unpaired) electrons. The van der Waals surface area contributed by atoms with Gasteiger partial charge in [-0.1, -0.05) is 45.0 Å². The average molecular weight is 994 g/mol. The van der Waals surface area contributed by atoms with Crippen LogP contribution < -0.4 is 25.2 Å². The van der Waals surface area contributed by atoms with Gasteiger partial charge in [0.25, 0.3) is 11.9 Å². The molecule has 2 saturated heterocycles. The van der Waals surface area contributed by atoms with Gasteiger partial charge in [0.15, 0.2) is 17.3 Å². The Kier molecular flexibility index (Phi) is 17.0. The second-order valence-electron chi connectivity index (χ2n) is 18.4. The lowest BCUT2D eigenvalue weighted by molar-refractivity contribution is -0.144. The normalized spacial score (nSPS) is 17.4. The van der Waals surface area contributed by atoms with E-state index in [0.717, 1.165) is 23.4 Å². The summed E-state index contributed by atoms with van der Waals surface area (Å²) in [5, 5.41) is 25.2. The number of hydrogen-bond donors (Lipinski definition) is 3. The molecule has 70 heavy (non-hydrogen) atoms. The van der Waals surface area contributed by atoms with Crippen LogP contribution >= 0.6 is 12.2 Å². The van der Waals surface area contributed by atoms with E-state index in [2.05, 4.69) is 15.6 Å². The molecule has 0 spiro atoms. The molecule has 3 heterocycles. The smallest absolute Gasteiger partial charge is 0.417 e. The number of nitrogens with zero attached hydrogens (tertiary/aromatic N) is 5. The third kappa shape index (κ3) is 12.6. The summed E-state index contributed by atoms with van der Waals surface area (Å²) >= 11 is 5.61. The summed E-state index contributed by atoms with van der Waals surface area (Å²) in [6.07, 6.45) is -2.83. The first-order chi connectivity index (χ1) is 33.1. The Labute approximate surface area is 407 Å². The lowest BCUT2D eigenvalue weighted by Gasteiger charge is -2.35. The quantitative estimate of drug-likeness (QED) is 0.0482. The van der Waals surface area contributed by atoms with E-state index < -0.39 is 76.0 Å². The molecule has 0 saturated carbocycles. The number of aliphatic hydroxyl groups excluding tert-OH is 1. The zero-order valence-electron chi connectivity index (χ0n) is 39.3. The van der Waals surface area contributed by atoms with Gasteiger partial charge in [-0.2, -0.15) is 27.8 Å².